The maximum absolute atomic E-state index is 11.9. The second-order valence-electron chi connectivity index (χ2n) is 21.5. The number of benzene rings is 3. The van der Waals surface area contributed by atoms with Crippen molar-refractivity contribution in [2.24, 2.45) is 0 Å². The van der Waals surface area contributed by atoms with E-state index in [-0.39, 0.29) is 56.2 Å². The Labute approximate surface area is 525 Å². The van der Waals surface area contributed by atoms with Crippen molar-refractivity contribution in [3.05, 3.63) is 91.0 Å². The molecule has 0 aliphatic rings. The Balaban J connectivity index is -0.000000321. The summed E-state index contributed by atoms with van der Waals surface area (Å²) in [5.74, 6) is 0. The Morgan fingerprint density at radius 1 is 0.277 bits per heavy atom. The molecule has 0 N–H and O–H groups in total. The van der Waals surface area contributed by atoms with Crippen molar-refractivity contribution in [1.29, 1.82) is 0 Å². The van der Waals surface area contributed by atoms with E-state index in [0.717, 1.165) is 38.5 Å². The molecular weight excluding hydrogens is 1140 g/mol. The summed E-state index contributed by atoms with van der Waals surface area (Å²) in [4.78, 5) is 0.714. The molecule has 482 valence electrons. The molecule has 0 heterocycles. The molecule has 0 atom stereocenters. The van der Waals surface area contributed by atoms with Crippen LogP contribution in [0.1, 0.15) is 269 Å². The van der Waals surface area contributed by atoms with Gasteiger partial charge in [-0.2, -0.15) is 25.3 Å². The third kappa shape index (κ3) is 72.3. The van der Waals surface area contributed by atoms with Gasteiger partial charge in [0.15, 0.2) is 0 Å². The van der Waals surface area contributed by atoms with Crippen molar-refractivity contribution >= 4 is 30.4 Å². The molecule has 83 heavy (non-hydrogen) atoms. The van der Waals surface area contributed by atoms with E-state index in [1.807, 2.05) is 0 Å². The van der Waals surface area contributed by atoms with Crippen LogP contribution in [0.15, 0.2) is 106 Å². The molecule has 0 radical (unpaired) electrons. The van der Waals surface area contributed by atoms with Gasteiger partial charge < -0.3 is 20.4 Å². The normalized spacial score (nSPS) is 11.0. The Bertz CT molecular complexity index is 1810. The molecule has 0 fully saturated rings. The van der Waals surface area contributed by atoms with Gasteiger partial charge in [0.2, 0.25) is 0 Å². The average Bonchev–Trinajstić information content (AvgIpc) is 3.41. The minimum Gasteiger partial charge on any atom is -0.852 e. The molecule has 3 aromatic carbocycles. The predicted molar refractivity (Wildman–Crippen MR) is 335 cm³/mol. The molecule has 13 nitrogen and oxygen atoms in total. The summed E-state index contributed by atoms with van der Waals surface area (Å²) in [7, 11) is -10.7. The Hall–Kier alpha value is -2.06. The van der Waals surface area contributed by atoms with Crippen molar-refractivity contribution in [3.8, 4) is 0 Å². The predicted octanol–water partition coefficient (Wildman–Crippen LogP) is 15.0. The fourth-order valence-corrected chi connectivity index (χ4v) is 10.1. The molecule has 3 rings (SSSR count). The van der Waals surface area contributed by atoms with Crippen molar-refractivity contribution in [2.75, 3.05) is 19.8 Å². The SMILES string of the molecule is CC(C)[O-].CC(C)[O-].CC(C)[O-].CC(C)[O-].CCCCCCCCCCCCOS(=O)(=O)c1ccccc1.CCCCCCCCCCCCOS(=O)(=O)c1ccccc1.CCCCCCCCCCCCOS(=O)(=O)c1ccccc1.[Ti+4]. The molecular formula is C66H118O13S3Ti. The van der Waals surface area contributed by atoms with Crippen LogP contribution in [0.2, 0.25) is 0 Å². The Kier molecular flexibility index (Phi) is 69.6. The Morgan fingerprint density at radius 3 is 0.554 bits per heavy atom. The first-order chi connectivity index (χ1) is 38.9. The molecule has 0 saturated carbocycles. The molecule has 3 aromatic rings. The van der Waals surface area contributed by atoms with E-state index >= 15 is 0 Å². The fraction of sp³-hybridized carbons (Fsp3) is 0.727. The maximum atomic E-state index is 11.9. The van der Waals surface area contributed by atoms with Crippen LogP contribution in [0.5, 0.6) is 0 Å². The minimum absolute atomic E-state index is 0. The number of hydrogen-bond acceptors (Lipinski definition) is 13. The molecule has 0 amide bonds. The molecule has 0 unspecified atom stereocenters. The Morgan fingerprint density at radius 2 is 0.410 bits per heavy atom. The first-order valence-corrected chi connectivity index (χ1v) is 35.6. The van der Waals surface area contributed by atoms with Crippen LogP contribution in [-0.2, 0) is 64.6 Å². The second-order valence-corrected chi connectivity index (χ2v) is 26.4. The van der Waals surface area contributed by atoms with Gasteiger partial charge in [0.1, 0.15) is 0 Å². The first-order valence-electron chi connectivity index (χ1n) is 31.4. The summed E-state index contributed by atoms with van der Waals surface area (Å²) in [6.45, 7) is 20.5. The van der Waals surface area contributed by atoms with E-state index in [4.69, 9.17) is 12.5 Å². The molecule has 0 spiro atoms. The van der Waals surface area contributed by atoms with Crippen molar-refractivity contribution in [1.82, 2.24) is 0 Å². The summed E-state index contributed by atoms with van der Waals surface area (Å²) in [6.07, 6.45) is 35.1. The van der Waals surface area contributed by atoms with Gasteiger partial charge in [0.25, 0.3) is 30.4 Å². The van der Waals surface area contributed by atoms with Crippen LogP contribution in [0.4, 0.5) is 0 Å². The zero-order chi connectivity index (χ0) is 62.6. The zero-order valence-corrected chi connectivity index (χ0v) is 57.8. The third-order valence-electron chi connectivity index (χ3n) is 11.3. The molecule has 0 bridgehead atoms. The van der Waals surface area contributed by atoms with Crippen molar-refractivity contribution < 1.29 is 79.9 Å². The summed E-state index contributed by atoms with van der Waals surface area (Å²) < 4.78 is 86.4. The van der Waals surface area contributed by atoms with E-state index in [2.05, 4.69) is 20.8 Å². The van der Waals surface area contributed by atoms with E-state index < -0.39 is 54.8 Å². The van der Waals surface area contributed by atoms with Gasteiger partial charge in [-0.05, 0) is 55.7 Å². The number of hydrogen-bond donors (Lipinski definition) is 0. The second kappa shape index (κ2) is 64.4. The largest absolute Gasteiger partial charge is 4.00 e. The van der Waals surface area contributed by atoms with Gasteiger partial charge in [-0.25, -0.2) is 0 Å². The van der Waals surface area contributed by atoms with Crippen LogP contribution in [0, 0.1) is 0 Å². The molecule has 0 aromatic heterocycles. The van der Waals surface area contributed by atoms with Crippen LogP contribution in [0.3, 0.4) is 0 Å². The summed E-state index contributed by atoms with van der Waals surface area (Å²) in [5, 5.41) is 38.1. The maximum Gasteiger partial charge on any atom is 4.00 e. The zero-order valence-electron chi connectivity index (χ0n) is 53.8. The molecule has 0 aliphatic heterocycles. The third-order valence-corrected chi connectivity index (χ3v) is 15.3. The van der Waals surface area contributed by atoms with Crippen molar-refractivity contribution in [2.45, 2.75) is 308 Å². The first kappa shape index (κ1) is 89.7. The average molecular weight is 1260 g/mol. The van der Waals surface area contributed by atoms with E-state index in [0.29, 0.717) is 0 Å². The number of rotatable bonds is 39. The van der Waals surface area contributed by atoms with Crippen molar-refractivity contribution in [3.63, 3.8) is 0 Å². The van der Waals surface area contributed by atoms with Gasteiger partial charge in [-0.3, -0.25) is 12.5 Å². The molecule has 0 saturated heterocycles. The van der Waals surface area contributed by atoms with E-state index in [9.17, 15) is 45.7 Å². The van der Waals surface area contributed by atoms with Gasteiger partial charge in [0.05, 0.1) is 34.5 Å². The van der Waals surface area contributed by atoms with E-state index in [1.54, 1.807) is 146 Å². The van der Waals surface area contributed by atoms with Crippen LogP contribution in [-0.4, -0.2) is 69.5 Å². The van der Waals surface area contributed by atoms with Gasteiger partial charge in [0, 0.05) is 0 Å². The summed E-state index contributed by atoms with van der Waals surface area (Å²) >= 11 is 0. The standard InChI is InChI=1S/3C18H30O3S.4C3H7O.Ti/c3*1-2-3-4-5-6-7-8-9-10-14-17-21-22(19,20)18-15-12-11-13-16-18;4*1-3(2)4;/h3*11-13,15-16H,2-10,14,17H2,1H3;4*3H,1-2H3;/q;;;4*-1;+4. The van der Waals surface area contributed by atoms with Gasteiger partial charge in [-0.15, -0.1) is 24.4 Å². The van der Waals surface area contributed by atoms with Crippen LogP contribution in [0.25, 0.3) is 0 Å². The summed E-state index contributed by atoms with van der Waals surface area (Å²) in [6, 6.07) is 25.0. The van der Waals surface area contributed by atoms with Gasteiger partial charge in [-0.1, -0.05) is 304 Å². The molecule has 17 heteroatoms. The molecule has 0 aliphatic carbocycles. The fourth-order valence-electron chi connectivity index (χ4n) is 7.24. The number of unbranched alkanes of at least 4 members (excludes halogenated alkanes) is 27. The quantitative estimate of drug-likeness (QED) is 0.0295. The minimum atomic E-state index is -3.57. The summed E-state index contributed by atoms with van der Waals surface area (Å²) in [5.41, 5.74) is 0. The van der Waals surface area contributed by atoms with Crippen LogP contribution >= 0.6 is 0 Å². The van der Waals surface area contributed by atoms with Gasteiger partial charge >= 0.3 is 21.7 Å². The van der Waals surface area contributed by atoms with E-state index in [1.165, 1.54) is 154 Å². The smallest absolute Gasteiger partial charge is 0.852 e. The van der Waals surface area contributed by atoms with Crippen LogP contribution < -0.4 is 20.4 Å². The monoisotopic (exact) mass is 1260 g/mol. The topological polar surface area (TPSA) is 222 Å².